The maximum atomic E-state index is 12.6. The molecule has 2 aromatic heterocycles. The molecule has 0 radical (unpaired) electrons. The van der Waals surface area contributed by atoms with Crippen LogP contribution in [0.3, 0.4) is 0 Å². The number of ether oxygens (including phenoxy) is 1. The molecule has 13 heteroatoms. The van der Waals surface area contributed by atoms with Gasteiger partial charge in [0.1, 0.15) is 10.8 Å². The summed E-state index contributed by atoms with van der Waals surface area (Å²) in [5.41, 5.74) is 1.00. The van der Waals surface area contributed by atoms with Crippen LogP contribution in [-0.2, 0) is 10.0 Å². The molecule has 0 aliphatic carbocycles. The van der Waals surface area contributed by atoms with E-state index in [-0.39, 0.29) is 15.9 Å². The number of aromatic nitrogens is 3. The Bertz CT molecular complexity index is 1380. The summed E-state index contributed by atoms with van der Waals surface area (Å²) in [4.78, 5) is 14.6. The van der Waals surface area contributed by atoms with Gasteiger partial charge in [0.2, 0.25) is 4.96 Å². The molecule has 0 atom stereocenters. The number of halogens is 1. The van der Waals surface area contributed by atoms with E-state index in [4.69, 9.17) is 16.3 Å². The monoisotopic (exact) mass is 465 g/mol. The number of hydrogen-bond acceptors (Lipinski definition) is 8. The first kappa shape index (κ1) is 20.1. The number of nitrogens with one attached hydrogen (secondary N) is 1. The molecule has 0 spiro atoms. The van der Waals surface area contributed by atoms with E-state index in [0.717, 1.165) is 23.8 Å². The molecular weight excluding hydrogens is 454 g/mol. The Kier molecular flexibility index (Phi) is 5.05. The molecule has 0 aliphatic rings. The van der Waals surface area contributed by atoms with Crippen molar-refractivity contribution in [3.8, 4) is 17.0 Å². The zero-order valence-corrected chi connectivity index (χ0v) is 17.5. The van der Waals surface area contributed by atoms with Crippen molar-refractivity contribution < 1.29 is 18.1 Å². The first-order valence-corrected chi connectivity index (χ1v) is 11.0. The van der Waals surface area contributed by atoms with Gasteiger partial charge in [-0.3, -0.25) is 10.1 Å². The molecule has 4 aromatic rings. The average Bonchev–Trinajstić information content (AvgIpc) is 3.27. The van der Waals surface area contributed by atoms with Gasteiger partial charge < -0.3 is 4.74 Å². The molecule has 0 fully saturated rings. The molecule has 154 valence electrons. The van der Waals surface area contributed by atoms with Gasteiger partial charge in [-0.25, -0.2) is 17.7 Å². The van der Waals surface area contributed by atoms with Crippen molar-refractivity contribution >= 4 is 49.6 Å². The van der Waals surface area contributed by atoms with Crippen LogP contribution in [0.2, 0.25) is 5.02 Å². The second-order valence-corrected chi connectivity index (χ2v) is 8.88. The Labute approximate surface area is 178 Å². The predicted molar refractivity (Wildman–Crippen MR) is 112 cm³/mol. The summed E-state index contributed by atoms with van der Waals surface area (Å²) in [6, 6.07) is 10.5. The number of fused-ring (bicyclic) bond motifs is 1. The Morgan fingerprint density at radius 2 is 2.07 bits per heavy atom. The van der Waals surface area contributed by atoms with E-state index >= 15 is 0 Å². The lowest BCUT2D eigenvalue weighted by molar-refractivity contribution is -0.384. The van der Waals surface area contributed by atoms with Crippen molar-refractivity contribution in [2.75, 3.05) is 11.8 Å². The van der Waals surface area contributed by atoms with Gasteiger partial charge in [0.15, 0.2) is 0 Å². The highest BCUT2D eigenvalue weighted by Gasteiger charge is 2.23. The Morgan fingerprint density at radius 1 is 1.27 bits per heavy atom. The topological polar surface area (TPSA) is 129 Å². The summed E-state index contributed by atoms with van der Waals surface area (Å²) < 4.78 is 34.3. The molecule has 30 heavy (non-hydrogen) atoms. The number of methoxy groups -OCH3 is 1. The summed E-state index contributed by atoms with van der Waals surface area (Å²) in [5, 5.41) is 16.9. The smallest absolute Gasteiger partial charge is 0.289 e. The van der Waals surface area contributed by atoms with Gasteiger partial charge in [0, 0.05) is 17.0 Å². The van der Waals surface area contributed by atoms with Crippen molar-refractivity contribution in [2.24, 2.45) is 0 Å². The van der Waals surface area contributed by atoms with Crippen LogP contribution in [0.5, 0.6) is 5.75 Å². The highest BCUT2D eigenvalue weighted by atomic mass is 35.5. The first-order valence-electron chi connectivity index (χ1n) is 8.24. The lowest BCUT2D eigenvalue weighted by Crippen LogP contribution is -2.14. The number of nitrogens with zero attached hydrogens (tertiary/aromatic N) is 4. The maximum Gasteiger partial charge on any atom is 0.289 e. The van der Waals surface area contributed by atoms with Gasteiger partial charge in [-0.05, 0) is 24.3 Å². The summed E-state index contributed by atoms with van der Waals surface area (Å²) >= 11 is 7.03. The summed E-state index contributed by atoms with van der Waals surface area (Å²) in [6.45, 7) is 0. The minimum atomic E-state index is -4.17. The minimum Gasteiger partial charge on any atom is -0.497 e. The van der Waals surface area contributed by atoms with Crippen LogP contribution in [0.4, 0.5) is 11.6 Å². The van der Waals surface area contributed by atoms with Crippen molar-refractivity contribution in [3.05, 3.63) is 63.0 Å². The highest BCUT2D eigenvalue weighted by molar-refractivity contribution is 7.92. The lowest BCUT2D eigenvalue weighted by Gasteiger charge is -2.05. The zero-order valence-electron chi connectivity index (χ0n) is 15.1. The SMILES string of the molecule is COc1cccc(-c2csc3nc(NS(=O)(=O)c4ccc(Cl)c([N+](=O)[O-])c4)nn23)c1. The number of anilines is 1. The van der Waals surface area contributed by atoms with E-state index in [1.165, 1.54) is 15.9 Å². The fraction of sp³-hybridized carbons (Fsp3) is 0.0588. The minimum absolute atomic E-state index is 0.163. The number of rotatable bonds is 6. The third kappa shape index (κ3) is 3.67. The fourth-order valence-electron chi connectivity index (χ4n) is 2.68. The van der Waals surface area contributed by atoms with Crippen molar-refractivity contribution in [1.29, 1.82) is 0 Å². The quantitative estimate of drug-likeness (QED) is 0.338. The molecule has 0 unspecified atom stereocenters. The van der Waals surface area contributed by atoms with Crippen LogP contribution in [0.15, 0.2) is 52.7 Å². The molecule has 2 aromatic carbocycles. The number of nitro benzene ring substituents is 1. The van der Waals surface area contributed by atoms with Crippen molar-refractivity contribution in [3.63, 3.8) is 0 Å². The third-order valence-corrected chi connectivity index (χ3v) is 6.56. The normalized spacial score (nSPS) is 11.5. The first-order chi connectivity index (χ1) is 14.3. The van der Waals surface area contributed by atoms with E-state index in [0.29, 0.717) is 16.4 Å². The van der Waals surface area contributed by atoms with Crippen LogP contribution < -0.4 is 9.46 Å². The molecule has 1 N–H and O–H groups in total. The van der Waals surface area contributed by atoms with Crippen LogP contribution in [0.1, 0.15) is 0 Å². The number of hydrogen-bond donors (Lipinski definition) is 1. The predicted octanol–water partition coefficient (Wildman–Crippen LogP) is 3.83. The standard InChI is InChI=1S/C17H12ClN5O5S2/c1-28-11-4-2-3-10(7-11)15-9-29-17-19-16(20-22(15)17)21-30(26,27)12-5-6-13(18)14(8-12)23(24)25/h2-9H,1H3,(H,20,21). The molecule has 0 aliphatic heterocycles. The molecule has 10 nitrogen and oxygen atoms in total. The molecule has 0 saturated carbocycles. The van der Waals surface area contributed by atoms with Crippen LogP contribution in [-0.4, -0.2) is 35.0 Å². The van der Waals surface area contributed by atoms with E-state index < -0.39 is 20.6 Å². The van der Waals surface area contributed by atoms with Crippen molar-refractivity contribution in [2.45, 2.75) is 4.90 Å². The number of nitro groups is 1. The fourth-order valence-corrected chi connectivity index (χ4v) is 4.66. The van der Waals surface area contributed by atoms with Crippen LogP contribution in [0.25, 0.3) is 16.2 Å². The number of thiazole rings is 1. The summed E-state index contributed by atoms with van der Waals surface area (Å²) in [6.07, 6.45) is 0. The van der Waals surface area contributed by atoms with E-state index in [1.54, 1.807) is 13.2 Å². The molecule has 0 amide bonds. The number of sulfonamides is 1. The third-order valence-electron chi connectivity index (χ3n) is 4.10. The second kappa shape index (κ2) is 7.55. The number of benzene rings is 2. The van der Waals surface area contributed by atoms with E-state index in [1.807, 2.05) is 23.6 Å². The van der Waals surface area contributed by atoms with Crippen LogP contribution >= 0.6 is 22.9 Å². The molecule has 2 heterocycles. The van der Waals surface area contributed by atoms with Crippen LogP contribution in [0, 0.1) is 10.1 Å². The van der Waals surface area contributed by atoms with Gasteiger partial charge in [-0.2, -0.15) is 4.98 Å². The van der Waals surface area contributed by atoms with Gasteiger partial charge in [0.05, 0.1) is 22.6 Å². The Balaban J connectivity index is 1.69. The van der Waals surface area contributed by atoms with Crippen molar-refractivity contribution in [1.82, 2.24) is 14.6 Å². The van der Waals surface area contributed by atoms with E-state index in [9.17, 15) is 18.5 Å². The summed E-state index contributed by atoms with van der Waals surface area (Å²) in [5.74, 6) is 0.501. The van der Waals surface area contributed by atoms with Gasteiger partial charge in [0.25, 0.3) is 21.7 Å². The largest absolute Gasteiger partial charge is 0.497 e. The van der Waals surface area contributed by atoms with Gasteiger partial charge in [-0.1, -0.05) is 23.7 Å². The highest BCUT2D eigenvalue weighted by Crippen LogP contribution is 2.30. The molecule has 4 rings (SSSR count). The molecule has 0 saturated heterocycles. The van der Waals surface area contributed by atoms with E-state index in [2.05, 4.69) is 14.8 Å². The van der Waals surface area contributed by atoms with Gasteiger partial charge in [-0.15, -0.1) is 16.4 Å². The lowest BCUT2D eigenvalue weighted by atomic mass is 10.2. The molecule has 0 bridgehead atoms. The molecular formula is C17H12ClN5O5S2. The average molecular weight is 466 g/mol. The second-order valence-electron chi connectivity index (χ2n) is 5.96. The Morgan fingerprint density at radius 3 is 2.80 bits per heavy atom. The zero-order chi connectivity index (χ0) is 21.5. The maximum absolute atomic E-state index is 12.6. The Hall–Kier alpha value is -3.22. The summed E-state index contributed by atoms with van der Waals surface area (Å²) in [7, 11) is -2.61. The van der Waals surface area contributed by atoms with Gasteiger partial charge >= 0.3 is 0 Å².